The Morgan fingerprint density at radius 3 is 2.79 bits per heavy atom. The van der Waals surface area contributed by atoms with Gasteiger partial charge in [0.2, 0.25) is 5.91 Å². The predicted octanol–water partition coefficient (Wildman–Crippen LogP) is 5.00. The highest BCUT2D eigenvalue weighted by Crippen LogP contribution is 2.36. The minimum atomic E-state index is -0.324. The van der Waals surface area contributed by atoms with Crippen molar-refractivity contribution in [2.45, 2.75) is 26.8 Å². The summed E-state index contributed by atoms with van der Waals surface area (Å²) in [5, 5.41) is 7.54. The second-order valence-electron chi connectivity index (χ2n) is 11.1. The van der Waals surface area contributed by atoms with E-state index in [-0.39, 0.29) is 23.6 Å². The van der Waals surface area contributed by atoms with E-state index >= 15 is 0 Å². The van der Waals surface area contributed by atoms with E-state index < -0.39 is 0 Å². The Morgan fingerprint density at radius 2 is 2.05 bits per heavy atom. The fourth-order valence-corrected chi connectivity index (χ4v) is 5.05. The van der Waals surface area contributed by atoms with Gasteiger partial charge in [-0.2, -0.15) is 5.10 Å². The molecule has 216 valence electrons. The summed E-state index contributed by atoms with van der Waals surface area (Å²) in [7, 11) is 5.57. The van der Waals surface area contributed by atoms with Crippen LogP contribution in [-0.2, 0) is 11.3 Å². The molecule has 9 nitrogen and oxygen atoms in total. The molecule has 5 rings (SSSR count). The maximum absolute atomic E-state index is 14.6. The second kappa shape index (κ2) is 12.0. The van der Waals surface area contributed by atoms with Gasteiger partial charge >= 0.3 is 0 Å². The number of hydrogen-bond acceptors (Lipinski definition) is 7. The van der Waals surface area contributed by atoms with Crippen LogP contribution in [-0.4, -0.2) is 58.8 Å². The molecule has 0 bridgehead atoms. The quantitative estimate of drug-likeness (QED) is 0.316. The molecule has 1 aliphatic carbocycles. The van der Waals surface area contributed by atoms with Crippen LogP contribution in [0.3, 0.4) is 0 Å². The van der Waals surface area contributed by atoms with Crippen LogP contribution in [0.2, 0.25) is 0 Å². The summed E-state index contributed by atoms with van der Waals surface area (Å²) in [5.74, 6) is 0.00359. The van der Waals surface area contributed by atoms with Crippen LogP contribution < -0.4 is 10.7 Å². The average Bonchev–Trinajstić information content (AvgIpc) is 3.56. The van der Waals surface area contributed by atoms with Gasteiger partial charge in [-0.15, -0.1) is 0 Å². The molecule has 0 fully saturated rings. The first kappa shape index (κ1) is 28.8. The minimum absolute atomic E-state index is 0.0584. The fourth-order valence-electron chi connectivity index (χ4n) is 5.05. The van der Waals surface area contributed by atoms with Crippen molar-refractivity contribution in [3.05, 3.63) is 101 Å². The van der Waals surface area contributed by atoms with Crippen molar-refractivity contribution >= 4 is 34.7 Å². The molecule has 2 aromatic heterocycles. The van der Waals surface area contributed by atoms with Crippen molar-refractivity contribution in [1.29, 1.82) is 0 Å². The Hall–Kier alpha value is -4.70. The average molecular weight is 567 g/mol. The lowest BCUT2D eigenvalue weighted by atomic mass is 9.85. The first-order valence-corrected chi connectivity index (χ1v) is 13.8. The zero-order valence-corrected chi connectivity index (χ0v) is 24.5. The number of anilines is 1. The van der Waals surface area contributed by atoms with Crippen LogP contribution in [0.25, 0.3) is 11.1 Å². The number of carbonyl (C=O) groups excluding carboxylic acids is 1. The predicted molar refractivity (Wildman–Crippen MR) is 166 cm³/mol. The van der Waals surface area contributed by atoms with Crippen LogP contribution in [0.1, 0.15) is 54.2 Å². The van der Waals surface area contributed by atoms with Crippen molar-refractivity contribution in [3.63, 3.8) is 0 Å². The van der Waals surface area contributed by atoms with Crippen molar-refractivity contribution in [2.24, 2.45) is 21.9 Å². The maximum Gasteiger partial charge on any atom is 0.226 e. The lowest BCUT2D eigenvalue weighted by Gasteiger charge is -2.20. The van der Waals surface area contributed by atoms with E-state index in [4.69, 9.17) is 4.98 Å². The highest BCUT2D eigenvalue weighted by molar-refractivity contribution is 6.05. The SMILES string of the molecule is C=C(c1cc(F)cc(CN(C)C)c1)c1nc(C2=NNC3=CC=C(c4cncc(NC(=O)C(C)C)c4)CC32)[nH]c1C=NC. The molecule has 0 saturated heterocycles. The van der Waals surface area contributed by atoms with E-state index in [1.807, 2.05) is 57.1 Å². The number of allylic oxidation sites excluding steroid dienone is 4. The third-order valence-corrected chi connectivity index (χ3v) is 7.12. The Morgan fingerprint density at radius 1 is 1.24 bits per heavy atom. The van der Waals surface area contributed by atoms with Crippen molar-refractivity contribution in [3.8, 4) is 0 Å². The van der Waals surface area contributed by atoms with Gasteiger partial charge in [0, 0.05) is 43.2 Å². The zero-order valence-electron chi connectivity index (χ0n) is 24.5. The lowest BCUT2D eigenvalue weighted by molar-refractivity contribution is -0.118. The summed E-state index contributed by atoms with van der Waals surface area (Å²) in [6.45, 7) is 8.58. The normalized spacial score (nSPS) is 16.3. The third kappa shape index (κ3) is 6.13. The van der Waals surface area contributed by atoms with Crippen molar-refractivity contribution in [2.75, 3.05) is 26.5 Å². The van der Waals surface area contributed by atoms with Crippen molar-refractivity contribution in [1.82, 2.24) is 25.3 Å². The van der Waals surface area contributed by atoms with Gasteiger partial charge in [-0.25, -0.2) is 9.37 Å². The van der Waals surface area contributed by atoms with E-state index in [1.54, 1.807) is 25.7 Å². The molecule has 42 heavy (non-hydrogen) atoms. The summed E-state index contributed by atoms with van der Waals surface area (Å²) in [6, 6.07) is 6.88. The second-order valence-corrected chi connectivity index (χ2v) is 11.1. The van der Waals surface area contributed by atoms with E-state index in [2.05, 4.69) is 37.4 Å². The molecule has 3 heterocycles. The topological polar surface area (TPSA) is 111 Å². The molecule has 1 unspecified atom stereocenters. The Kier molecular flexibility index (Phi) is 8.26. The molecule has 0 saturated carbocycles. The van der Waals surface area contributed by atoms with E-state index in [0.717, 1.165) is 28.1 Å². The van der Waals surface area contributed by atoms with Gasteiger partial charge in [-0.1, -0.05) is 26.5 Å². The van der Waals surface area contributed by atoms with Crippen LogP contribution in [0.15, 0.2) is 71.2 Å². The molecular formula is C32H35FN8O. The number of benzene rings is 1. The minimum Gasteiger partial charge on any atom is -0.336 e. The van der Waals surface area contributed by atoms with Crippen molar-refractivity contribution < 1.29 is 9.18 Å². The molecular weight excluding hydrogens is 531 g/mol. The molecule has 1 amide bonds. The monoisotopic (exact) mass is 566 g/mol. The number of aliphatic imine (C=N–C) groups is 1. The molecule has 10 heteroatoms. The van der Waals surface area contributed by atoms with Gasteiger partial charge in [0.25, 0.3) is 0 Å². The molecule has 1 aromatic carbocycles. The van der Waals surface area contributed by atoms with E-state index in [0.29, 0.717) is 47.0 Å². The lowest BCUT2D eigenvalue weighted by Crippen LogP contribution is -2.19. The molecule has 1 aliphatic heterocycles. The molecule has 3 aromatic rings. The smallest absolute Gasteiger partial charge is 0.226 e. The number of nitrogens with one attached hydrogen (secondary N) is 3. The van der Waals surface area contributed by atoms with Gasteiger partial charge in [0.15, 0.2) is 5.82 Å². The van der Waals surface area contributed by atoms with Crippen LogP contribution in [0, 0.1) is 17.7 Å². The fraction of sp³-hybridized carbons (Fsp3) is 0.281. The summed E-state index contributed by atoms with van der Waals surface area (Å²) >= 11 is 0. The largest absolute Gasteiger partial charge is 0.336 e. The first-order valence-electron chi connectivity index (χ1n) is 13.8. The number of pyridine rings is 1. The summed E-state index contributed by atoms with van der Waals surface area (Å²) in [4.78, 5) is 31.0. The number of H-pyrrole nitrogens is 1. The summed E-state index contributed by atoms with van der Waals surface area (Å²) in [5.41, 5.74) is 10.8. The number of rotatable bonds is 9. The standard InChI is InChI=1S/C32H35FN8O/c1-18(2)32(42)36-25-12-23(14-35-15-25)21-7-8-27-26(13-21)30(40-39-27)31-37-28(16-34-4)29(38-31)19(3)22-9-20(17-41(5)6)10-24(33)11-22/h7-12,14-16,18,26,39H,3,13,17H2,1-2,4-6H3,(H,36,42)(H,37,38). The number of aromatic nitrogens is 3. The highest BCUT2D eigenvalue weighted by Gasteiger charge is 2.33. The van der Waals surface area contributed by atoms with E-state index in [9.17, 15) is 9.18 Å². The van der Waals surface area contributed by atoms with Crippen LogP contribution in [0.4, 0.5) is 10.1 Å². The van der Waals surface area contributed by atoms with Gasteiger partial charge in [0.05, 0.1) is 29.2 Å². The third-order valence-electron chi connectivity index (χ3n) is 7.12. The number of amides is 1. The first-order chi connectivity index (χ1) is 20.1. The number of aromatic amines is 1. The molecule has 2 aliphatic rings. The molecule has 0 spiro atoms. The van der Waals surface area contributed by atoms with Crippen LogP contribution >= 0.6 is 0 Å². The Balaban J connectivity index is 1.42. The highest BCUT2D eigenvalue weighted by atomic mass is 19.1. The molecule has 0 radical (unpaired) electrons. The van der Waals surface area contributed by atoms with Gasteiger partial charge < -0.3 is 15.2 Å². The Labute approximate surface area is 245 Å². The Bertz CT molecular complexity index is 1660. The summed E-state index contributed by atoms with van der Waals surface area (Å²) < 4.78 is 14.6. The molecule has 1 atom stereocenters. The van der Waals surface area contributed by atoms with Crippen LogP contribution in [0.5, 0.6) is 0 Å². The summed E-state index contributed by atoms with van der Waals surface area (Å²) in [6.07, 6.45) is 9.84. The number of halogens is 1. The van der Waals surface area contributed by atoms with Gasteiger partial charge in [0.1, 0.15) is 11.5 Å². The number of imidazole rings is 1. The number of hydrogen-bond donors (Lipinski definition) is 3. The number of hydrazone groups is 1. The molecule has 3 N–H and O–H groups in total. The zero-order chi connectivity index (χ0) is 30.0. The number of carbonyl (C=O) groups is 1. The van der Waals surface area contributed by atoms with E-state index in [1.165, 1.54) is 12.1 Å². The number of fused-ring (bicyclic) bond motifs is 1. The van der Waals surface area contributed by atoms with Gasteiger partial charge in [-0.05, 0) is 73.1 Å². The number of nitrogens with zero attached hydrogens (tertiary/aromatic N) is 5. The maximum atomic E-state index is 14.6. The van der Waals surface area contributed by atoms with Gasteiger partial charge in [-0.3, -0.25) is 20.2 Å².